The molecule has 5 rings (SSSR count). The van der Waals surface area contributed by atoms with Crippen molar-refractivity contribution >= 4 is 28.6 Å². The molecule has 0 fully saturated rings. The molecule has 0 radical (unpaired) electrons. The Morgan fingerprint density at radius 1 is 1.08 bits per heavy atom. The first-order valence-electron chi connectivity index (χ1n) is 11.3. The zero-order valence-electron chi connectivity index (χ0n) is 19.7. The highest BCUT2D eigenvalue weighted by Crippen LogP contribution is 2.39. The number of hydrogen-bond acceptors (Lipinski definition) is 5. The van der Waals surface area contributed by atoms with E-state index in [0.29, 0.717) is 34.4 Å². The van der Waals surface area contributed by atoms with Gasteiger partial charge in [-0.25, -0.2) is 14.8 Å². The number of fused-ring (bicyclic) bond motifs is 1. The number of pyridine rings is 1. The van der Waals surface area contributed by atoms with Gasteiger partial charge >= 0.3 is 5.97 Å². The highest BCUT2D eigenvalue weighted by Gasteiger charge is 2.21. The van der Waals surface area contributed by atoms with Crippen LogP contribution < -0.4 is 4.74 Å². The van der Waals surface area contributed by atoms with Crippen LogP contribution >= 0.6 is 11.6 Å². The zero-order chi connectivity index (χ0) is 25.2. The predicted molar refractivity (Wildman–Crippen MR) is 141 cm³/mol. The zero-order valence-corrected chi connectivity index (χ0v) is 20.5. The van der Waals surface area contributed by atoms with E-state index in [4.69, 9.17) is 21.3 Å². The Balaban J connectivity index is 1.61. The Hall–Kier alpha value is -4.14. The van der Waals surface area contributed by atoms with Gasteiger partial charge in [0.1, 0.15) is 23.8 Å². The molecule has 0 aliphatic rings. The summed E-state index contributed by atoms with van der Waals surface area (Å²) in [7, 11) is 4.00. The van der Waals surface area contributed by atoms with Gasteiger partial charge in [0, 0.05) is 41.0 Å². The SMILES string of the molecule is CN(C)CCOc1ccc(-c2nc(-c3cc(C(=O)O)ccc3Cl)c(-c3ccnc4[nH]ccc34)[nH]2)cc1. The smallest absolute Gasteiger partial charge is 0.335 e. The number of carbonyl (C=O) groups is 1. The van der Waals surface area contributed by atoms with Crippen LogP contribution in [0.4, 0.5) is 0 Å². The number of aromatic amines is 2. The molecular formula is C27H24ClN5O3. The van der Waals surface area contributed by atoms with E-state index in [0.717, 1.165) is 34.5 Å². The molecule has 0 aliphatic carbocycles. The molecule has 3 aromatic heterocycles. The normalized spacial score (nSPS) is 11.3. The number of likely N-dealkylation sites (N-methyl/N-ethyl adjacent to an activating group) is 1. The lowest BCUT2D eigenvalue weighted by molar-refractivity contribution is 0.0697. The van der Waals surface area contributed by atoms with Crippen LogP contribution in [0.1, 0.15) is 10.4 Å². The van der Waals surface area contributed by atoms with Crippen LogP contribution in [-0.4, -0.2) is 63.2 Å². The maximum absolute atomic E-state index is 11.7. The Kier molecular flexibility index (Phi) is 6.45. The van der Waals surface area contributed by atoms with Crippen molar-refractivity contribution in [3.63, 3.8) is 0 Å². The summed E-state index contributed by atoms with van der Waals surface area (Å²) in [6.45, 7) is 1.41. The summed E-state index contributed by atoms with van der Waals surface area (Å²) in [4.78, 5) is 29.6. The van der Waals surface area contributed by atoms with E-state index in [1.54, 1.807) is 18.3 Å². The van der Waals surface area contributed by atoms with E-state index in [-0.39, 0.29) is 5.56 Å². The predicted octanol–water partition coefficient (Wildman–Crippen LogP) is 5.58. The maximum atomic E-state index is 11.7. The number of rotatable bonds is 8. The maximum Gasteiger partial charge on any atom is 0.335 e. The first-order chi connectivity index (χ1) is 17.4. The second-order valence-electron chi connectivity index (χ2n) is 8.58. The summed E-state index contributed by atoms with van der Waals surface area (Å²) >= 11 is 6.55. The summed E-state index contributed by atoms with van der Waals surface area (Å²) in [6, 6.07) is 16.1. The molecule has 0 saturated heterocycles. The van der Waals surface area contributed by atoms with Crippen molar-refractivity contribution < 1.29 is 14.6 Å². The quantitative estimate of drug-likeness (QED) is 0.256. The fourth-order valence-electron chi connectivity index (χ4n) is 3.97. The second-order valence-corrected chi connectivity index (χ2v) is 8.99. The number of carboxylic acid groups (broad SMARTS) is 1. The lowest BCUT2D eigenvalue weighted by Gasteiger charge is -2.11. The molecular weight excluding hydrogens is 478 g/mol. The van der Waals surface area contributed by atoms with Gasteiger partial charge in [-0.1, -0.05) is 11.6 Å². The fourth-order valence-corrected chi connectivity index (χ4v) is 4.18. The summed E-state index contributed by atoms with van der Waals surface area (Å²) in [5.41, 5.74) is 4.39. The molecule has 0 amide bonds. The van der Waals surface area contributed by atoms with E-state index in [2.05, 4.69) is 19.9 Å². The van der Waals surface area contributed by atoms with Crippen molar-refractivity contribution in [2.24, 2.45) is 0 Å². The van der Waals surface area contributed by atoms with Gasteiger partial charge in [0.2, 0.25) is 0 Å². The number of H-pyrrole nitrogens is 2. The summed E-state index contributed by atoms with van der Waals surface area (Å²) in [6.07, 6.45) is 3.54. The largest absolute Gasteiger partial charge is 0.492 e. The standard InChI is InChI=1S/C27H24ClN5O3/c1-33(2)13-14-36-18-6-3-16(4-7-18)25-31-23(19-9-11-29-26-20(19)10-12-30-26)24(32-25)21-15-17(27(34)35)5-8-22(21)28/h3-12,15H,13-14H2,1-2H3,(H,29,30)(H,31,32)(H,34,35). The van der Waals surface area contributed by atoms with Gasteiger partial charge in [-0.15, -0.1) is 0 Å². The minimum Gasteiger partial charge on any atom is -0.492 e. The Labute approximate surface area is 212 Å². The molecule has 2 aromatic carbocycles. The lowest BCUT2D eigenvalue weighted by Crippen LogP contribution is -2.19. The number of benzene rings is 2. The van der Waals surface area contributed by atoms with E-state index in [1.165, 1.54) is 6.07 Å². The molecule has 0 spiro atoms. The van der Waals surface area contributed by atoms with Gasteiger partial charge < -0.3 is 24.7 Å². The van der Waals surface area contributed by atoms with Gasteiger partial charge in [0.15, 0.2) is 0 Å². The molecule has 3 heterocycles. The van der Waals surface area contributed by atoms with Crippen LogP contribution in [0.5, 0.6) is 5.75 Å². The second kappa shape index (κ2) is 9.85. The minimum absolute atomic E-state index is 0.130. The van der Waals surface area contributed by atoms with E-state index >= 15 is 0 Å². The number of nitrogens with zero attached hydrogens (tertiary/aromatic N) is 3. The average molecular weight is 502 g/mol. The molecule has 0 bridgehead atoms. The molecule has 5 aromatic rings. The average Bonchev–Trinajstić information content (AvgIpc) is 3.52. The molecule has 0 atom stereocenters. The van der Waals surface area contributed by atoms with Crippen LogP contribution in [0, 0.1) is 0 Å². The third kappa shape index (κ3) is 4.68. The number of halogens is 1. The van der Waals surface area contributed by atoms with Crippen LogP contribution in [0.25, 0.3) is 44.9 Å². The molecule has 0 aliphatic heterocycles. The van der Waals surface area contributed by atoms with E-state index in [1.807, 2.05) is 56.7 Å². The Bertz CT molecular complexity index is 1540. The summed E-state index contributed by atoms with van der Waals surface area (Å²) in [5.74, 6) is 0.358. The number of hydrogen-bond donors (Lipinski definition) is 3. The monoisotopic (exact) mass is 501 g/mol. The molecule has 0 unspecified atom stereocenters. The van der Waals surface area contributed by atoms with Crippen LogP contribution in [0.15, 0.2) is 67.0 Å². The lowest BCUT2D eigenvalue weighted by atomic mass is 10.0. The third-order valence-corrected chi connectivity index (χ3v) is 6.17. The first kappa shape index (κ1) is 23.6. The van der Waals surface area contributed by atoms with Gasteiger partial charge in [-0.2, -0.15) is 0 Å². The highest BCUT2D eigenvalue weighted by molar-refractivity contribution is 6.33. The van der Waals surface area contributed by atoms with Crippen molar-refractivity contribution in [3.05, 3.63) is 77.6 Å². The molecule has 8 nitrogen and oxygen atoms in total. The van der Waals surface area contributed by atoms with Gasteiger partial charge in [-0.05, 0) is 68.7 Å². The number of imidazole rings is 1. The van der Waals surface area contributed by atoms with Crippen molar-refractivity contribution in [1.29, 1.82) is 0 Å². The number of carboxylic acids is 1. The van der Waals surface area contributed by atoms with Crippen molar-refractivity contribution in [3.8, 4) is 39.7 Å². The van der Waals surface area contributed by atoms with Crippen molar-refractivity contribution in [1.82, 2.24) is 24.8 Å². The van der Waals surface area contributed by atoms with Crippen molar-refractivity contribution in [2.75, 3.05) is 27.2 Å². The van der Waals surface area contributed by atoms with E-state index in [9.17, 15) is 9.90 Å². The van der Waals surface area contributed by atoms with Crippen LogP contribution in [0.3, 0.4) is 0 Å². The highest BCUT2D eigenvalue weighted by atomic mass is 35.5. The number of aromatic carboxylic acids is 1. The van der Waals surface area contributed by atoms with Gasteiger partial charge in [0.05, 0.1) is 22.0 Å². The number of nitrogens with one attached hydrogen (secondary N) is 2. The number of aromatic nitrogens is 4. The Morgan fingerprint density at radius 3 is 2.64 bits per heavy atom. The third-order valence-electron chi connectivity index (χ3n) is 5.84. The van der Waals surface area contributed by atoms with Crippen LogP contribution in [0.2, 0.25) is 5.02 Å². The van der Waals surface area contributed by atoms with Gasteiger partial charge in [-0.3, -0.25) is 0 Å². The Morgan fingerprint density at radius 2 is 1.89 bits per heavy atom. The fraction of sp³-hybridized carbons (Fsp3) is 0.148. The molecule has 9 heteroatoms. The van der Waals surface area contributed by atoms with Crippen molar-refractivity contribution in [2.45, 2.75) is 0 Å². The molecule has 0 saturated carbocycles. The summed E-state index contributed by atoms with van der Waals surface area (Å²) in [5, 5.41) is 10.9. The first-order valence-corrected chi connectivity index (χ1v) is 11.7. The van der Waals surface area contributed by atoms with Crippen LogP contribution in [-0.2, 0) is 0 Å². The summed E-state index contributed by atoms with van der Waals surface area (Å²) < 4.78 is 5.81. The molecule has 36 heavy (non-hydrogen) atoms. The molecule has 3 N–H and O–H groups in total. The molecule has 182 valence electrons. The van der Waals surface area contributed by atoms with E-state index < -0.39 is 5.97 Å². The van der Waals surface area contributed by atoms with Gasteiger partial charge in [0.25, 0.3) is 0 Å². The number of ether oxygens (including phenoxy) is 1. The minimum atomic E-state index is -1.04. The topological polar surface area (TPSA) is 107 Å².